The Morgan fingerprint density at radius 2 is 1.92 bits per heavy atom. The molecule has 2 N–H and O–H groups in total. The van der Waals surface area contributed by atoms with Crippen LogP contribution in [0, 0.1) is 17.0 Å². The van der Waals surface area contributed by atoms with Gasteiger partial charge in [0.15, 0.2) is 0 Å². The molecule has 1 aromatic heterocycles. The minimum absolute atomic E-state index is 0.0796. The normalized spacial score (nSPS) is 23.0. The van der Waals surface area contributed by atoms with E-state index in [1.54, 1.807) is 35.1 Å². The van der Waals surface area contributed by atoms with Crippen molar-refractivity contribution in [1.82, 2.24) is 14.5 Å². The molecule has 6 nitrogen and oxygen atoms in total. The molecule has 1 fully saturated rings. The molecule has 2 aliphatic carbocycles. The maximum absolute atomic E-state index is 14.7. The van der Waals surface area contributed by atoms with Crippen LogP contribution in [0.2, 0.25) is 0 Å². The summed E-state index contributed by atoms with van der Waals surface area (Å²) in [6.45, 7) is 3.49. The summed E-state index contributed by atoms with van der Waals surface area (Å²) in [6, 6.07) is 10.9. The van der Waals surface area contributed by atoms with Crippen molar-refractivity contribution >= 4 is 16.1 Å². The number of aliphatic hydroxyl groups is 1. The molecule has 0 spiro atoms. The predicted octanol–water partition coefficient (Wildman–Crippen LogP) is 4.69. The van der Waals surface area contributed by atoms with Gasteiger partial charge in [-0.2, -0.15) is 5.10 Å². The maximum Gasteiger partial charge on any atom is 0.211 e. The first-order valence-electron chi connectivity index (χ1n) is 12.6. The van der Waals surface area contributed by atoms with Gasteiger partial charge in [-0.3, -0.25) is 0 Å². The Hall–Kier alpha value is -2.88. The second-order valence-electron chi connectivity index (χ2n) is 10.3. The molecule has 0 amide bonds. The molecule has 1 heterocycles. The van der Waals surface area contributed by atoms with Gasteiger partial charge >= 0.3 is 0 Å². The summed E-state index contributed by atoms with van der Waals surface area (Å²) in [5.74, 6) is -0.846. The number of nitrogens with zero attached hydrogens (tertiary/aromatic N) is 2. The van der Waals surface area contributed by atoms with Gasteiger partial charge in [-0.05, 0) is 86.6 Å². The van der Waals surface area contributed by atoms with Gasteiger partial charge in [0.05, 0.1) is 28.9 Å². The van der Waals surface area contributed by atoms with Crippen LogP contribution in [0.15, 0.2) is 54.2 Å². The molecule has 2 atom stereocenters. The van der Waals surface area contributed by atoms with Crippen molar-refractivity contribution in [2.45, 2.75) is 58.1 Å². The zero-order valence-corrected chi connectivity index (χ0v) is 21.8. The molecule has 5 rings (SSSR count). The Labute approximate surface area is 216 Å². The molecule has 0 bridgehead atoms. The van der Waals surface area contributed by atoms with E-state index in [2.05, 4.69) is 22.8 Å². The van der Waals surface area contributed by atoms with Crippen LogP contribution in [0.25, 0.3) is 11.8 Å². The van der Waals surface area contributed by atoms with E-state index in [-0.39, 0.29) is 18.1 Å². The van der Waals surface area contributed by atoms with Crippen molar-refractivity contribution < 1.29 is 22.3 Å². The number of sulfonamides is 1. The number of benzene rings is 2. The first-order chi connectivity index (χ1) is 17.6. The van der Waals surface area contributed by atoms with Crippen LogP contribution in [0.4, 0.5) is 8.78 Å². The molecule has 196 valence electrons. The largest absolute Gasteiger partial charge is 0.389 e. The molecule has 2 aliphatic rings. The van der Waals surface area contributed by atoms with Crippen LogP contribution in [0.1, 0.15) is 55.5 Å². The molecular formula is C28H31F2N3O3S. The van der Waals surface area contributed by atoms with E-state index in [0.717, 1.165) is 28.9 Å². The average molecular weight is 528 g/mol. The topological polar surface area (TPSA) is 84.2 Å². The van der Waals surface area contributed by atoms with Crippen LogP contribution in [0.3, 0.4) is 0 Å². The molecule has 2 aromatic carbocycles. The van der Waals surface area contributed by atoms with Crippen molar-refractivity contribution in [3.8, 4) is 5.69 Å². The number of aryl methyl sites for hydroxylation is 1. The monoisotopic (exact) mass is 527 g/mol. The van der Waals surface area contributed by atoms with Crippen LogP contribution in [-0.2, 0) is 29.4 Å². The summed E-state index contributed by atoms with van der Waals surface area (Å²) in [4.78, 5) is 0. The lowest BCUT2D eigenvalue weighted by Gasteiger charge is -2.42. The number of fused-ring (bicyclic) bond motifs is 2. The van der Waals surface area contributed by atoms with E-state index >= 15 is 0 Å². The van der Waals surface area contributed by atoms with E-state index in [1.807, 2.05) is 0 Å². The Bertz CT molecular complexity index is 1470. The highest BCUT2D eigenvalue weighted by Crippen LogP contribution is 2.56. The minimum Gasteiger partial charge on any atom is -0.389 e. The highest BCUT2D eigenvalue weighted by Gasteiger charge is 2.54. The Morgan fingerprint density at radius 1 is 1.16 bits per heavy atom. The molecule has 0 aliphatic heterocycles. The number of nitrogens with one attached hydrogen (secondary N) is 1. The van der Waals surface area contributed by atoms with Crippen LogP contribution in [0.5, 0.6) is 0 Å². The maximum atomic E-state index is 14.7. The fourth-order valence-electron chi connectivity index (χ4n) is 5.78. The van der Waals surface area contributed by atoms with Crippen molar-refractivity contribution in [3.63, 3.8) is 0 Å². The Kier molecular flexibility index (Phi) is 6.58. The van der Waals surface area contributed by atoms with Gasteiger partial charge in [0, 0.05) is 17.5 Å². The van der Waals surface area contributed by atoms with Crippen LogP contribution < -0.4 is 4.72 Å². The first-order valence-corrected chi connectivity index (χ1v) is 14.2. The third kappa shape index (κ3) is 4.64. The van der Waals surface area contributed by atoms with Crippen molar-refractivity contribution in [2.24, 2.45) is 5.41 Å². The number of hydrogen-bond donors (Lipinski definition) is 2. The van der Waals surface area contributed by atoms with Crippen molar-refractivity contribution in [1.29, 1.82) is 0 Å². The summed E-state index contributed by atoms with van der Waals surface area (Å²) in [5, 5.41) is 16.5. The van der Waals surface area contributed by atoms with E-state index in [1.165, 1.54) is 25.1 Å². The SMILES string of the molecule is CCS(=O)(=O)NCc1c(F)cccc1CC[C@]1(O)CCC2=Cc3c(cnn3-c3ccc(F)cc3)C[C@@]21C. The van der Waals surface area contributed by atoms with Gasteiger partial charge in [0.1, 0.15) is 11.6 Å². The molecular weight excluding hydrogens is 496 g/mol. The van der Waals surface area contributed by atoms with Crippen LogP contribution >= 0.6 is 0 Å². The summed E-state index contributed by atoms with van der Waals surface area (Å²) < 4.78 is 56.2. The fourth-order valence-corrected chi connectivity index (χ4v) is 6.35. The van der Waals surface area contributed by atoms with E-state index in [0.29, 0.717) is 36.8 Å². The van der Waals surface area contributed by atoms with Gasteiger partial charge < -0.3 is 5.11 Å². The summed E-state index contributed by atoms with van der Waals surface area (Å²) in [6.07, 6.45) is 6.66. The average Bonchev–Trinajstić information content (AvgIpc) is 3.38. The lowest BCUT2D eigenvalue weighted by Crippen LogP contribution is -2.45. The zero-order valence-electron chi connectivity index (χ0n) is 21.0. The van der Waals surface area contributed by atoms with Gasteiger partial charge in [-0.15, -0.1) is 0 Å². The smallest absolute Gasteiger partial charge is 0.211 e. The molecule has 0 saturated heterocycles. The summed E-state index contributed by atoms with van der Waals surface area (Å²) >= 11 is 0. The fraction of sp³-hybridized carbons (Fsp3) is 0.393. The summed E-state index contributed by atoms with van der Waals surface area (Å²) in [5.41, 5.74) is 3.35. The van der Waals surface area contributed by atoms with Gasteiger partial charge in [-0.25, -0.2) is 26.6 Å². The highest BCUT2D eigenvalue weighted by molar-refractivity contribution is 7.89. The predicted molar refractivity (Wildman–Crippen MR) is 139 cm³/mol. The Morgan fingerprint density at radius 3 is 2.65 bits per heavy atom. The molecule has 37 heavy (non-hydrogen) atoms. The third-order valence-electron chi connectivity index (χ3n) is 8.23. The zero-order chi connectivity index (χ0) is 26.4. The van der Waals surface area contributed by atoms with Crippen LogP contribution in [-0.4, -0.2) is 34.7 Å². The number of halogens is 2. The highest BCUT2D eigenvalue weighted by atomic mass is 32.2. The number of hydrogen-bond acceptors (Lipinski definition) is 4. The molecule has 9 heteroatoms. The standard InChI is InChI=1S/C28H31F2N3O3S/c1-3-37(35,36)32-18-24-19(5-4-6-25(24)30)11-13-28(34)14-12-21-15-26-20(16-27(21,28)2)17-31-33(26)23-9-7-22(29)8-10-23/h4-10,15,17,32,34H,3,11-14,16,18H2,1-2H3/t27-,28-/m0/s1. The van der Waals surface area contributed by atoms with E-state index < -0.39 is 26.9 Å². The second-order valence-corrected chi connectivity index (χ2v) is 12.4. The van der Waals surface area contributed by atoms with Gasteiger partial charge in [0.2, 0.25) is 10.0 Å². The number of aromatic nitrogens is 2. The second kappa shape index (κ2) is 9.45. The minimum atomic E-state index is -3.47. The van der Waals surface area contributed by atoms with Gasteiger partial charge in [0.25, 0.3) is 0 Å². The lowest BCUT2D eigenvalue weighted by molar-refractivity contribution is -0.0462. The number of rotatable bonds is 8. The molecule has 3 aromatic rings. The van der Waals surface area contributed by atoms with E-state index in [9.17, 15) is 22.3 Å². The lowest BCUT2D eigenvalue weighted by atomic mass is 9.65. The Balaban J connectivity index is 1.38. The van der Waals surface area contributed by atoms with Crippen molar-refractivity contribution in [3.05, 3.63) is 88.3 Å². The first kappa shape index (κ1) is 25.8. The van der Waals surface area contributed by atoms with E-state index in [4.69, 9.17) is 0 Å². The molecule has 1 saturated carbocycles. The van der Waals surface area contributed by atoms with Crippen molar-refractivity contribution in [2.75, 3.05) is 5.75 Å². The molecule has 0 unspecified atom stereocenters. The van der Waals surface area contributed by atoms with Gasteiger partial charge in [-0.1, -0.05) is 24.6 Å². The summed E-state index contributed by atoms with van der Waals surface area (Å²) in [7, 11) is -3.47. The quantitative estimate of drug-likeness (QED) is 0.445. The molecule has 0 radical (unpaired) electrons. The third-order valence-corrected chi connectivity index (χ3v) is 9.57.